The summed E-state index contributed by atoms with van der Waals surface area (Å²) in [6, 6.07) is 10.9. The number of carbonyl (C=O) groups excluding carboxylic acids is 4. The number of ketones is 3. The Hall–Kier alpha value is -3.56. The maximum absolute atomic E-state index is 13.6. The fourth-order valence-electron chi connectivity index (χ4n) is 6.52. The Bertz CT molecular complexity index is 1300. The quantitative estimate of drug-likeness (QED) is 0.434. The van der Waals surface area contributed by atoms with E-state index in [1.54, 1.807) is 13.2 Å². The zero-order valence-corrected chi connectivity index (χ0v) is 20.3. The SMILES string of the molecule is COc1ccc(CCc2ccc(O)c3c2C[C@H]2C[C@H]4CC(O)C(C(N)=O)C(=O)[C@@]4(O)C(=O)C2C3=O)cc1. The van der Waals surface area contributed by atoms with Crippen LogP contribution in [0.1, 0.15) is 39.9 Å². The summed E-state index contributed by atoms with van der Waals surface area (Å²) in [6.07, 6.45) is 0.157. The number of ether oxygens (including phenoxy) is 1. The lowest BCUT2D eigenvalue weighted by molar-refractivity contribution is -0.180. The van der Waals surface area contributed by atoms with E-state index in [0.717, 1.165) is 16.9 Å². The van der Waals surface area contributed by atoms with Crippen LogP contribution >= 0.6 is 0 Å². The largest absolute Gasteiger partial charge is 0.507 e. The number of hydrogen-bond acceptors (Lipinski definition) is 8. The molecule has 9 nitrogen and oxygen atoms in total. The molecule has 194 valence electrons. The van der Waals surface area contributed by atoms with E-state index in [0.29, 0.717) is 24.8 Å². The van der Waals surface area contributed by atoms with Crippen LogP contribution < -0.4 is 10.5 Å². The van der Waals surface area contributed by atoms with E-state index in [2.05, 4.69) is 0 Å². The highest BCUT2D eigenvalue weighted by molar-refractivity contribution is 6.25. The number of rotatable bonds is 5. The summed E-state index contributed by atoms with van der Waals surface area (Å²) in [4.78, 5) is 52.0. The Morgan fingerprint density at radius 1 is 1.05 bits per heavy atom. The van der Waals surface area contributed by atoms with E-state index in [1.165, 1.54) is 6.07 Å². The van der Waals surface area contributed by atoms with E-state index in [4.69, 9.17) is 10.5 Å². The van der Waals surface area contributed by atoms with Gasteiger partial charge >= 0.3 is 0 Å². The van der Waals surface area contributed by atoms with Crippen LogP contribution in [0.3, 0.4) is 0 Å². The molecule has 0 radical (unpaired) electrons. The van der Waals surface area contributed by atoms with Crippen molar-refractivity contribution in [1.82, 2.24) is 0 Å². The first-order chi connectivity index (χ1) is 17.6. The number of aliphatic hydroxyl groups is 2. The van der Waals surface area contributed by atoms with Gasteiger partial charge in [-0.3, -0.25) is 19.2 Å². The van der Waals surface area contributed by atoms with Gasteiger partial charge in [0.05, 0.1) is 24.7 Å². The molecule has 0 aromatic heterocycles. The molecule has 9 heteroatoms. The number of Topliss-reactive ketones (excluding diaryl/α,β-unsaturated/α-hetero) is 3. The first-order valence-electron chi connectivity index (χ1n) is 12.4. The number of nitrogens with two attached hydrogens (primary N) is 1. The van der Waals surface area contributed by atoms with Crippen molar-refractivity contribution in [3.8, 4) is 11.5 Å². The molecule has 1 amide bonds. The van der Waals surface area contributed by atoms with Crippen LogP contribution in [0.5, 0.6) is 11.5 Å². The fraction of sp³-hybridized carbons (Fsp3) is 0.429. The predicted octanol–water partition coefficient (Wildman–Crippen LogP) is 0.912. The number of hydrogen-bond donors (Lipinski definition) is 4. The molecule has 5 rings (SSSR count). The average molecular weight is 508 g/mol. The molecule has 0 aliphatic heterocycles. The van der Waals surface area contributed by atoms with E-state index in [-0.39, 0.29) is 24.2 Å². The number of carbonyl (C=O) groups is 4. The van der Waals surface area contributed by atoms with Crippen LogP contribution in [0.4, 0.5) is 0 Å². The molecule has 2 saturated carbocycles. The van der Waals surface area contributed by atoms with Gasteiger partial charge in [-0.1, -0.05) is 18.2 Å². The van der Waals surface area contributed by atoms with Gasteiger partial charge in [-0.05, 0) is 72.9 Å². The van der Waals surface area contributed by atoms with Crippen LogP contribution in [0.15, 0.2) is 36.4 Å². The van der Waals surface area contributed by atoms with Crippen LogP contribution in [-0.4, -0.2) is 57.4 Å². The van der Waals surface area contributed by atoms with Crippen molar-refractivity contribution in [1.29, 1.82) is 0 Å². The monoisotopic (exact) mass is 507 g/mol. The van der Waals surface area contributed by atoms with Gasteiger partial charge in [0.2, 0.25) is 5.91 Å². The molecule has 2 aromatic carbocycles. The molecule has 3 aliphatic carbocycles. The molecular formula is C28H29NO8. The van der Waals surface area contributed by atoms with Gasteiger partial charge in [-0.15, -0.1) is 0 Å². The molecule has 2 aromatic rings. The van der Waals surface area contributed by atoms with Crippen LogP contribution in [0.25, 0.3) is 0 Å². The third-order valence-corrected chi connectivity index (χ3v) is 8.41. The Morgan fingerprint density at radius 2 is 1.76 bits per heavy atom. The molecule has 3 unspecified atom stereocenters. The zero-order valence-electron chi connectivity index (χ0n) is 20.3. The molecule has 5 N–H and O–H groups in total. The van der Waals surface area contributed by atoms with Crippen molar-refractivity contribution in [2.45, 2.75) is 43.8 Å². The second kappa shape index (κ2) is 9.08. The Morgan fingerprint density at radius 3 is 2.41 bits per heavy atom. The summed E-state index contributed by atoms with van der Waals surface area (Å²) in [5, 5.41) is 32.3. The first-order valence-corrected chi connectivity index (χ1v) is 12.4. The van der Waals surface area contributed by atoms with E-state index < -0.39 is 58.6 Å². The third-order valence-electron chi connectivity index (χ3n) is 8.41. The van der Waals surface area contributed by atoms with Crippen molar-refractivity contribution < 1.29 is 39.2 Å². The summed E-state index contributed by atoms with van der Waals surface area (Å²) < 4.78 is 5.20. The van der Waals surface area contributed by atoms with Crippen molar-refractivity contribution >= 4 is 23.3 Å². The van der Waals surface area contributed by atoms with E-state index in [9.17, 15) is 34.5 Å². The maximum atomic E-state index is 13.6. The molecule has 0 heterocycles. The van der Waals surface area contributed by atoms with Crippen molar-refractivity contribution in [2.75, 3.05) is 7.11 Å². The molecular weight excluding hydrogens is 478 g/mol. The highest BCUT2D eigenvalue weighted by atomic mass is 16.5. The summed E-state index contributed by atoms with van der Waals surface area (Å²) in [5.41, 5.74) is 5.34. The molecule has 3 aliphatic rings. The van der Waals surface area contributed by atoms with Crippen LogP contribution in [-0.2, 0) is 33.6 Å². The Kier molecular flexibility index (Phi) is 6.16. The van der Waals surface area contributed by atoms with Crippen LogP contribution in [0.2, 0.25) is 0 Å². The first kappa shape index (κ1) is 25.1. The van der Waals surface area contributed by atoms with Gasteiger partial charge in [-0.25, -0.2) is 0 Å². The second-order valence-electron chi connectivity index (χ2n) is 10.4. The Labute approximate surface area is 213 Å². The molecule has 0 spiro atoms. The number of aliphatic hydroxyl groups excluding tert-OH is 1. The number of aryl methyl sites for hydroxylation is 2. The number of benzene rings is 2. The molecule has 0 bridgehead atoms. The number of phenols is 1. The fourth-order valence-corrected chi connectivity index (χ4v) is 6.52. The van der Waals surface area contributed by atoms with Gasteiger partial charge < -0.3 is 25.8 Å². The van der Waals surface area contributed by atoms with Gasteiger partial charge in [0, 0.05) is 5.92 Å². The third kappa shape index (κ3) is 3.84. The lowest BCUT2D eigenvalue weighted by Gasteiger charge is -2.50. The number of aromatic hydroxyl groups is 1. The minimum absolute atomic E-state index is 0.0404. The zero-order chi connectivity index (χ0) is 26.6. The van der Waals surface area contributed by atoms with Crippen molar-refractivity contribution in [3.05, 3.63) is 58.7 Å². The molecule has 2 fully saturated rings. The van der Waals surface area contributed by atoms with Gasteiger partial charge in [0.25, 0.3) is 0 Å². The minimum atomic E-state index is -2.57. The lowest BCUT2D eigenvalue weighted by Crippen LogP contribution is -2.69. The van der Waals surface area contributed by atoms with Gasteiger partial charge in [0.1, 0.15) is 17.4 Å². The average Bonchev–Trinajstić information content (AvgIpc) is 2.86. The number of methoxy groups -OCH3 is 1. The normalized spacial score (nSPS) is 30.8. The van der Waals surface area contributed by atoms with Gasteiger partial charge in [-0.2, -0.15) is 0 Å². The van der Waals surface area contributed by atoms with Gasteiger partial charge in [0.15, 0.2) is 23.0 Å². The highest BCUT2D eigenvalue weighted by Gasteiger charge is 2.65. The summed E-state index contributed by atoms with van der Waals surface area (Å²) in [7, 11) is 1.60. The lowest BCUT2D eigenvalue weighted by atomic mass is 9.53. The minimum Gasteiger partial charge on any atom is -0.507 e. The van der Waals surface area contributed by atoms with Crippen LogP contribution in [0, 0.1) is 23.7 Å². The standard InChI is InChI=1S/C28H29NO8/c1-37-17-7-3-13(4-8-17)2-5-14-6-9-19(30)22-18(14)11-15-10-16-12-20(31)23(27(29)35)26(34)28(16,36)25(33)21(15)24(22)32/h3-4,6-9,15-16,20-21,23,30-31,36H,2,5,10-12H2,1H3,(H2,29,35)/t15-,16+,20?,21?,23?,28+/m1/s1. The number of fused-ring (bicyclic) bond motifs is 3. The second-order valence-corrected chi connectivity index (χ2v) is 10.4. The molecule has 0 saturated heterocycles. The van der Waals surface area contributed by atoms with E-state index in [1.807, 2.05) is 24.3 Å². The smallest absolute Gasteiger partial charge is 0.230 e. The molecule has 6 atom stereocenters. The number of amides is 1. The van der Waals surface area contributed by atoms with E-state index >= 15 is 0 Å². The molecule has 37 heavy (non-hydrogen) atoms. The number of phenolic OH excluding ortho intramolecular Hbond substituents is 1. The summed E-state index contributed by atoms with van der Waals surface area (Å²) in [5.74, 6) is -7.89. The highest BCUT2D eigenvalue weighted by Crippen LogP contribution is 2.50. The van der Waals surface area contributed by atoms with Crippen molar-refractivity contribution in [2.24, 2.45) is 29.4 Å². The Balaban J connectivity index is 1.47. The summed E-state index contributed by atoms with van der Waals surface area (Å²) >= 11 is 0. The topological polar surface area (TPSA) is 164 Å². The number of primary amides is 1. The van der Waals surface area contributed by atoms with Crippen molar-refractivity contribution in [3.63, 3.8) is 0 Å². The maximum Gasteiger partial charge on any atom is 0.230 e. The summed E-state index contributed by atoms with van der Waals surface area (Å²) in [6.45, 7) is 0. The predicted molar refractivity (Wildman–Crippen MR) is 130 cm³/mol.